The maximum Gasteiger partial charge on any atom is 1.00 e. The van der Waals surface area contributed by atoms with Crippen LogP contribution in [0.2, 0.25) is 0 Å². The fourth-order valence-corrected chi connectivity index (χ4v) is 15.2. The summed E-state index contributed by atoms with van der Waals surface area (Å²) in [6.07, 6.45) is 19.2. The van der Waals surface area contributed by atoms with Crippen LogP contribution in [-0.2, 0) is 168 Å². The Hall–Kier alpha value is -10.8. The van der Waals surface area contributed by atoms with E-state index in [4.69, 9.17) is 0 Å². The van der Waals surface area contributed by atoms with Crippen molar-refractivity contribution in [3.63, 3.8) is 0 Å². The molecule has 41 heteroatoms. The van der Waals surface area contributed by atoms with Crippen molar-refractivity contribution in [2.75, 3.05) is 157 Å². The van der Waals surface area contributed by atoms with Gasteiger partial charge in [0, 0.05) is 131 Å². The molecule has 11 aliphatic rings. The summed E-state index contributed by atoms with van der Waals surface area (Å²) in [5.41, 5.74) is 15.1. The number of hydrogen-bond acceptors (Lipinski definition) is 36. The van der Waals surface area contributed by atoms with Gasteiger partial charge in [-0.1, -0.05) is 82.0 Å². The van der Waals surface area contributed by atoms with Crippen LogP contribution in [0.1, 0.15) is 225 Å². The van der Waals surface area contributed by atoms with E-state index in [1.165, 1.54) is 96.3 Å². The van der Waals surface area contributed by atoms with Crippen molar-refractivity contribution < 1.29 is 111 Å². The normalized spacial score (nSPS) is 16.8. The summed E-state index contributed by atoms with van der Waals surface area (Å²) < 4.78 is 26.1. The van der Waals surface area contributed by atoms with Crippen molar-refractivity contribution >= 4 is 59.4 Å². The molecule has 18 heterocycles. The fraction of sp³-hybridized carbons (Fsp3) is 0.571. The van der Waals surface area contributed by atoms with Crippen molar-refractivity contribution in [2.45, 2.75) is 237 Å². The molecule has 7 aromatic heterocycles. The Morgan fingerprint density at radius 2 is 0.356 bits per heavy atom. The predicted molar refractivity (Wildman–Crippen MR) is 552 cm³/mol. The molecule has 2 saturated heterocycles. The largest absolute Gasteiger partial charge is 1.00 e. The van der Waals surface area contributed by atoms with E-state index in [2.05, 4.69) is 218 Å². The van der Waals surface area contributed by atoms with E-state index in [0.717, 1.165) is 211 Å². The van der Waals surface area contributed by atoms with Crippen molar-refractivity contribution in [3.05, 3.63) is 207 Å². The summed E-state index contributed by atoms with van der Waals surface area (Å²) in [6.45, 7) is 37.9. The van der Waals surface area contributed by atoms with Crippen molar-refractivity contribution in [3.8, 4) is 0 Å². The molecule has 40 nitrogen and oxygen atoms in total. The van der Waals surface area contributed by atoms with Crippen LogP contribution < -0.4 is 93.4 Å². The number of ether oxygens (including phenoxy) is 6. The zero-order valence-electron chi connectivity index (χ0n) is 86.5. The van der Waals surface area contributed by atoms with Gasteiger partial charge in [-0.05, 0) is 256 Å². The molecule has 146 heavy (non-hydrogen) atoms. The van der Waals surface area contributed by atoms with Crippen LogP contribution in [0, 0.1) is 0 Å². The molecule has 2 fully saturated rings. The van der Waals surface area contributed by atoms with Gasteiger partial charge >= 0.3 is 89.0 Å². The maximum atomic E-state index is 12.0. The summed E-state index contributed by atoms with van der Waals surface area (Å²) in [5.74, 6) is -7.19. The number of esters is 6. The second-order valence-corrected chi connectivity index (χ2v) is 34.1. The third-order valence-corrected chi connectivity index (χ3v) is 22.5. The molecule has 0 saturated carbocycles. The van der Waals surface area contributed by atoms with E-state index in [-0.39, 0.29) is 82.1 Å². The smallest absolute Gasteiger partial charge is 0.870 e. The van der Waals surface area contributed by atoms with Gasteiger partial charge in [0.05, 0.1) is 132 Å². The fourth-order valence-electron chi connectivity index (χ4n) is 15.2. The minimum atomic E-state index is -0.927. The zero-order chi connectivity index (χ0) is 102. The van der Waals surface area contributed by atoms with Crippen LogP contribution in [0.3, 0.4) is 0 Å². The van der Waals surface area contributed by atoms with Crippen molar-refractivity contribution in [1.29, 1.82) is 0 Å². The van der Waals surface area contributed by atoms with Crippen LogP contribution in [0.15, 0.2) is 127 Å². The molecule has 0 spiro atoms. The summed E-state index contributed by atoms with van der Waals surface area (Å²) in [4.78, 5) is 149. The number of carbonyl (C=O) groups excluding carboxylic acids is 10. The average molecular weight is 2040 g/mol. The molecular formula is C105H162N23NaO17. The Balaban J connectivity index is 0.000000340. The van der Waals surface area contributed by atoms with Gasteiger partial charge in [0.2, 0.25) is 0 Å². The Labute approximate surface area is 885 Å². The maximum absolute atomic E-state index is 12.0. The molecule has 800 valence electrons. The molecule has 4 amide bonds. The first-order valence-corrected chi connectivity index (χ1v) is 51.2. The van der Waals surface area contributed by atoms with E-state index < -0.39 is 59.4 Å². The molecule has 18 bridgehead atoms. The van der Waals surface area contributed by atoms with Crippen LogP contribution in [0.25, 0.3) is 0 Å². The molecule has 11 aliphatic heterocycles. The van der Waals surface area contributed by atoms with Crippen molar-refractivity contribution in [2.24, 2.45) is 0 Å². The van der Waals surface area contributed by atoms with E-state index in [1.54, 1.807) is 61.1 Å². The van der Waals surface area contributed by atoms with Crippen LogP contribution in [0.5, 0.6) is 0 Å². The van der Waals surface area contributed by atoms with E-state index in [0.29, 0.717) is 78.5 Å². The van der Waals surface area contributed by atoms with Gasteiger partial charge in [-0.3, -0.25) is 54.1 Å². The third-order valence-electron chi connectivity index (χ3n) is 22.5. The Morgan fingerprint density at radius 1 is 0.219 bits per heavy atom. The number of aromatic nitrogens is 7. The van der Waals surface area contributed by atoms with Gasteiger partial charge < -0.3 is 117 Å². The number of carbonyl (C=O) groups is 10. The van der Waals surface area contributed by atoms with E-state index in [9.17, 15) is 47.9 Å². The summed E-state index contributed by atoms with van der Waals surface area (Å²) in [7, 11) is 0. The van der Waals surface area contributed by atoms with E-state index >= 15 is 0 Å². The third kappa shape index (κ3) is 55.3. The average Bonchev–Trinajstić information content (AvgIpc) is 0.824. The quantitative estimate of drug-likeness (QED) is 0.0488. The van der Waals surface area contributed by atoms with Crippen LogP contribution in [-0.4, -0.2) is 277 Å². The van der Waals surface area contributed by atoms with Gasteiger partial charge in [-0.15, -0.1) is 0 Å². The number of amides is 4. The molecule has 0 atom stereocenters. The van der Waals surface area contributed by atoms with Gasteiger partial charge in [0.1, 0.15) is 0 Å². The number of fused-ring (bicyclic) bond motifs is 20. The first-order chi connectivity index (χ1) is 69.9. The zero-order valence-corrected chi connectivity index (χ0v) is 88.5. The molecule has 0 aliphatic carbocycles. The number of rotatable bonds is 6. The molecule has 18 rings (SSSR count). The molecule has 13 N–H and O–H groups in total. The standard InChI is InChI=1S/2C13H16N4O2.5C12H19N3.3C6H10O4.CH4.Na.H2O/c2*18-12-13(19)17-7-6-16(12)5-4-14-8-10-2-1-3-11(9-17)15-10;5*1-2-7-13-9-11-5-4-6-12(15-11)10-14-8-3-1;3*1-3-9-5(7)6(8)10-4-2;;;/h2*1-3,14H,4-9H2;5*4-6,13-14H,1-3,7-10H2;3*3-4H2,1-2H3;1H4;;1H2/q;;;;;;;;;;;+1;/p-1. The van der Waals surface area contributed by atoms with Crippen molar-refractivity contribution in [1.82, 2.24) is 118 Å². The first-order valence-electron chi connectivity index (χ1n) is 51.2. The summed E-state index contributed by atoms with van der Waals surface area (Å²) >= 11 is 0. The van der Waals surface area contributed by atoms with Gasteiger partial charge in [-0.25, -0.2) is 28.8 Å². The van der Waals surface area contributed by atoms with E-state index in [1.807, 2.05) is 36.4 Å². The molecule has 7 aromatic rings. The Kier molecular flexibility index (Phi) is 70.2. The SMILES string of the molecule is C.CCOC(=O)C(=O)OCC.CCOC(=O)C(=O)OCC.CCOC(=O)C(=O)OCC.O=C1C(=O)N2CCN1CCNCc1cccc(n1)C2.O=C1C(=O)N2CCN1CCNCc1cccc(n1)C2.[Na+].[OH-].c1cc2nc(c1)CNCCCCCNC2.c1cc2nc(c1)CNCCCCCNC2.c1cc2nc(c1)CNCCCCCNC2.c1cc2nc(c1)CNCCCCCNC2.c1cc2nc(c1)CNCCCCCNC2. The number of piperazine rings is 2. The van der Waals surface area contributed by atoms with Crippen LogP contribution in [0.4, 0.5) is 0 Å². The second-order valence-electron chi connectivity index (χ2n) is 34.1. The number of nitrogens with one attached hydrogen (secondary N) is 12. The molecular weight excluding hydrogens is 1880 g/mol. The van der Waals surface area contributed by atoms with Gasteiger partial charge in [0.25, 0.3) is 0 Å². The minimum absolute atomic E-state index is 0. The summed E-state index contributed by atoms with van der Waals surface area (Å²) in [5, 5.41) is 40.8. The summed E-state index contributed by atoms with van der Waals surface area (Å²) in [6, 6.07) is 42.9. The number of pyridine rings is 7. The molecule has 0 radical (unpaired) electrons. The van der Waals surface area contributed by atoms with Crippen LogP contribution >= 0.6 is 0 Å². The van der Waals surface area contributed by atoms with Gasteiger partial charge in [-0.2, -0.15) is 0 Å². The topological polar surface area (TPSA) is 504 Å². The monoisotopic (exact) mass is 2040 g/mol. The Bertz CT molecular complexity index is 4160. The van der Waals surface area contributed by atoms with Gasteiger partial charge in [0.15, 0.2) is 0 Å². The Morgan fingerprint density at radius 3 is 0.521 bits per heavy atom. The number of hydrogen-bond donors (Lipinski definition) is 12. The predicted octanol–water partition coefficient (Wildman–Crippen LogP) is 3.74. The molecule has 0 unspecified atom stereocenters. The second kappa shape index (κ2) is 80.3. The minimum Gasteiger partial charge on any atom is -0.870 e. The molecule has 0 aromatic carbocycles. The first kappa shape index (κ1) is 128. The number of nitrogens with zero attached hydrogens (tertiary/aromatic N) is 11.